The van der Waals surface area contributed by atoms with Crippen molar-refractivity contribution in [3.63, 3.8) is 0 Å². The first-order valence-corrected chi connectivity index (χ1v) is 7.34. The molecule has 0 aliphatic carbocycles. The Balaban J connectivity index is 1.68. The number of thiocarbonyl (C=S) groups is 1. The third kappa shape index (κ3) is 3.40. The topological polar surface area (TPSA) is 39.7 Å². The third-order valence-corrected chi connectivity index (χ3v) is 3.51. The lowest BCUT2D eigenvalue weighted by Gasteiger charge is -2.22. The number of hydrogen-bond acceptors (Lipinski definition) is 3. The molecule has 3 rings (SSSR count). The number of hydrogen-bond donors (Lipinski definition) is 2. The van der Waals surface area contributed by atoms with Crippen LogP contribution in [-0.2, 0) is 0 Å². The van der Waals surface area contributed by atoms with Crippen molar-refractivity contribution in [1.82, 2.24) is 4.90 Å². The average molecular weight is 314 g/mol. The zero-order valence-electron chi connectivity index (χ0n) is 11.8. The highest BCUT2D eigenvalue weighted by Gasteiger charge is 2.21. The Morgan fingerprint density at radius 1 is 1.09 bits per heavy atom. The lowest BCUT2D eigenvalue weighted by Crippen LogP contribution is -2.40. The second-order valence-electron chi connectivity index (χ2n) is 4.79. The fraction of sp³-hybridized carbons (Fsp3) is 0.125. The Kier molecular flexibility index (Phi) is 4.29. The second-order valence-corrected chi connectivity index (χ2v) is 5.18. The summed E-state index contributed by atoms with van der Waals surface area (Å²) in [7, 11) is 0. The summed E-state index contributed by atoms with van der Waals surface area (Å²) >= 11 is 5.40. The number of para-hydroxylation sites is 1. The molecule has 1 aliphatic heterocycles. The summed E-state index contributed by atoms with van der Waals surface area (Å²) in [5.41, 5.74) is 1.57. The molecule has 112 valence electrons. The summed E-state index contributed by atoms with van der Waals surface area (Å²) in [5.74, 6) is 0.394. The molecule has 0 amide bonds. The molecule has 0 spiro atoms. The largest absolute Gasteiger partial charge is 0.332 e. The first-order chi connectivity index (χ1) is 10.7. The van der Waals surface area contributed by atoms with E-state index in [0.29, 0.717) is 29.8 Å². The van der Waals surface area contributed by atoms with Crippen LogP contribution >= 0.6 is 12.2 Å². The van der Waals surface area contributed by atoms with Gasteiger partial charge >= 0.3 is 0 Å². The van der Waals surface area contributed by atoms with Crippen molar-refractivity contribution in [2.75, 3.05) is 23.7 Å². The average Bonchev–Trinajstić information content (AvgIpc) is 2.96. The van der Waals surface area contributed by atoms with Crippen LogP contribution in [0.2, 0.25) is 0 Å². The number of halogens is 1. The Labute approximate surface area is 133 Å². The molecule has 0 unspecified atom stereocenters. The minimum absolute atomic E-state index is 0.300. The number of benzene rings is 2. The van der Waals surface area contributed by atoms with Gasteiger partial charge in [0, 0.05) is 17.9 Å². The van der Waals surface area contributed by atoms with Gasteiger partial charge in [-0.15, -0.1) is 0 Å². The monoisotopic (exact) mass is 314 g/mol. The summed E-state index contributed by atoms with van der Waals surface area (Å²) in [6.07, 6.45) is 0. The first-order valence-electron chi connectivity index (χ1n) is 6.93. The van der Waals surface area contributed by atoms with Crippen molar-refractivity contribution in [2.24, 2.45) is 4.99 Å². The molecule has 0 aromatic heterocycles. The lowest BCUT2D eigenvalue weighted by atomic mass is 10.3. The van der Waals surface area contributed by atoms with Crippen molar-refractivity contribution < 1.29 is 4.39 Å². The van der Waals surface area contributed by atoms with Gasteiger partial charge in [0.2, 0.25) is 5.96 Å². The Bertz CT molecular complexity index is 702. The van der Waals surface area contributed by atoms with Crippen LogP contribution in [0.5, 0.6) is 0 Å². The maximum atomic E-state index is 13.2. The van der Waals surface area contributed by atoms with Gasteiger partial charge in [0.15, 0.2) is 5.11 Å². The van der Waals surface area contributed by atoms with Crippen LogP contribution in [0, 0.1) is 5.82 Å². The molecule has 22 heavy (non-hydrogen) atoms. The maximum absolute atomic E-state index is 13.2. The van der Waals surface area contributed by atoms with E-state index in [2.05, 4.69) is 15.6 Å². The van der Waals surface area contributed by atoms with Crippen LogP contribution in [0.3, 0.4) is 0 Å². The molecule has 0 radical (unpaired) electrons. The van der Waals surface area contributed by atoms with E-state index in [4.69, 9.17) is 12.2 Å². The van der Waals surface area contributed by atoms with E-state index in [-0.39, 0.29) is 5.82 Å². The predicted molar refractivity (Wildman–Crippen MR) is 91.7 cm³/mol. The quantitative estimate of drug-likeness (QED) is 0.834. The molecule has 0 saturated heterocycles. The number of guanidine groups is 1. The fourth-order valence-corrected chi connectivity index (χ4v) is 2.46. The van der Waals surface area contributed by atoms with Crippen molar-refractivity contribution >= 4 is 34.7 Å². The molecule has 0 atom stereocenters. The van der Waals surface area contributed by atoms with Crippen molar-refractivity contribution in [3.05, 3.63) is 60.4 Å². The van der Waals surface area contributed by atoms with Crippen LogP contribution in [0.15, 0.2) is 59.6 Å². The second kappa shape index (κ2) is 6.53. The minimum Gasteiger partial charge on any atom is -0.332 e. The Hall–Kier alpha value is -2.47. The molecular weight excluding hydrogens is 299 g/mol. The van der Waals surface area contributed by atoms with Gasteiger partial charge in [-0.2, -0.15) is 0 Å². The molecule has 1 aliphatic rings. The van der Waals surface area contributed by atoms with Gasteiger partial charge in [0.1, 0.15) is 5.82 Å². The van der Waals surface area contributed by atoms with Crippen LogP contribution in [-0.4, -0.2) is 29.1 Å². The van der Waals surface area contributed by atoms with E-state index in [1.165, 1.54) is 12.1 Å². The smallest absolute Gasteiger partial charge is 0.204 e. The summed E-state index contributed by atoms with van der Waals surface area (Å²) in [5, 5.41) is 6.77. The van der Waals surface area contributed by atoms with Crippen LogP contribution < -0.4 is 10.6 Å². The lowest BCUT2D eigenvalue weighted by molar-refractivity contribution is 0.628. The normalized spacial score (nSPS) is 13.7. The zero-order chi connectivity index (χ0) is 15.4. The zero-order valence-corrected chi connectivity index (χ0v) is 12.6. The van der Waals surface area contributed by atoms with Gasteiger partial charge in [-0.05, 0) is 42.5 Å². The van der Waals surface area contributed by atoms with Crippen LogP contribution in [0.25, 0.3) is 0 Å². The maximum Gasteiger partial charge on any atom is 0.204 e. The van der Waals surface area contributed by atoms with Crippen molar-refractivity contribution in [2.45, 2.75) is 0 Å². The van der Waals surface area contributed by atoms with Gasteiger partial charge in [-0.1, -0.05) is 24.3 Å². The highest BCUT2D eigenvalue weighted by Crippen LogP contribution is 2.14. The van der Waals surface area contributed by atoms with E-state index >= 15 is 0 Å². The summed E-state index contributed by atoms with van der Waals surface area (Å²) in [6, 6.07) is 16.0. The van der Waals surface area contributed by atoms with Crippen LogP contribution in [0.1, 0.15) is 0 Å². The predicted octanol–water partition coefficient (Wildman–Crippen LogP) is 3.31. The van der Waals surface area contributed by atoms with E-state index in [1.54, 1.807) is 12.1 Å². The van der Waals surface area contributed by atoms with Gasteiger partial charge in [-0.3, -0.25) is 9.89 Å². The van der Waals surface area contributed by atoms with Gasteiger partial charge in [0.25, 0.3) is 0 Å². The van der Waals surface area contributed by atoms with E-state index in [9.17, 15) is 4.39 Å². The summed E-state index contributed by atoms with van der Waals surface area (Å²) < 4.78 is 13.2. The highest BCUT2D eigenvalue weighted by molar-refractivity contribution is 7.80. The van der Waals surface area contributed by atoms with Crippen molar-refractivity contribution in [3.8, 4) is 0 Å². The highest BCUT2D eigenvalue weighted by atomic mass is 32.1. The van der Waals surface area contributed by atoms with E-state index < -0.39 is 0 Å². The molecule has 0 fully saturated rings. The molecular formula is C16H15FN4S. The Morgan fingerprint density at radius 2 is 1.86 bits per heavy atom. The molecule has 6 heteroatoms. The van der Waals surface area contributed by atoms with Crippen LogP contribution in [0.4, 0.5) is 15.8 Å². The fourth-order valence-electron chi connectivity index (χ4n) is 2.16. The molecule has 4 nitrogen and oxygen atoms in total. The summed E-state index contributed by atoms with van der Waals surface area (Å²) in [6.45, 7) is 1.36. The van der Waals surface area contributed by atoms with Crippen molar-refractivity contribution in [1.29, 1.82) is 0 Å². The molecule has 0 bridgehead atoms. The van der Waals surface area contributed by atoms with E-state index in [0.717, 1.165) is 5.69 Å². The molecule has 2 N–H and O–H groups in total. The standard InChI is InChI=1S/C16H15FN4S/c17-12-5-4-8-14(11-12)20-16(22)21-10-9-18-15(21)19-13-6-2-1-3-7-13/h1-8,11H,9-10H2,(H,18,19)(H,20,22). The number of aliphatic imine (C=N–C) groups is 1. The molecule has 2 aromatic rings. The van der Waals surface area contributed by atoms with Gasteiger partial charge in [0.05, 0.1) is 6.54 Å². The number of anilines is 2. The van der Waals surface area contributed by atoms with Gasteiger partial charge in [-0.25, -0.2) is 4.39 Å². The summed E-state index contributed by atoms with van der Waals surface area (Å²) in [4.78, 5) is 6.29. The third-order valence-electron chi connectivity index (χ3n) is 3.19. The molecule has 2 aromatic carbocycles. The minimum atomic E-state index is -0.300. The Morgan fingerprint density at radius 3 is 2.64 bits per heavy atom. The number of rotatable bonds is 2. The van der Waals surface area contributed by atoms with E-state index in [1.807, 2.05) is 35.2 Å². The molecule has 0 saturated carbocycles. The number of nitrogens with one attached hydrogen (secondary N) is 2. The first kappa shape index (κ1) is 14.5. The molecule has 1 heterocycles. The van der Waals surface area contributed by atoms with Gasteiger partial charge < -0.3 is 10.6 Å². The SMILES string of the molecule is Fc1cccc(NC(=S)N2CCN=C2Nc2ccccc2)c1. The number of nitrogens with zero attached hydrogens (tertiary/aromatic N) is 2.